The Morgan fingerprint density at radius 2 is 1.96 bits per heavy atom. The van der Waals surface area contributed by atoms with E-state index in [9.17, 15) is 12.8 Å². The highest BCUT2D eigenvalue weighted by Crippen LogP contribution is 2.27. The number of nitrogens with zero attached hydrogens (tertiary/aromatic N) is 4. The van der Waals surface area contributed by atoms with Crippen molar-refractivity contribution in [2.24, 2.45) is 7.05 Å². The third-order valence-corrected chi connectivity index (χ3v) is 5.43. The molecule has 0 aliphatic heterocycles. The molecule has 136 valence electrons. The SMILES string of the molecule is CNS(=O)(=O)c1ccc(Cc2cc(C)cc(F)c2)c(-c2nnnn2C)c1. The molecule has 2 aromatic carbocycles. The first-order chi connectivity index (χ1) is 12.3. The lowest BCUT2D eigenvalue weighted by Crippen LogP contribution is -2.18. The average molecular weight is 375 g/mol. The number of aryl methyl sites for hydroxylation is 2. The second-order valence-electron chi connectivity index (χ2n) is 5.97. The Hall–Kier alpha value is -2.65. The van der Waals surface area contributed by atoms with E-state index in [0.717, 1.165) is 16.7 Å². The Balaban J connectivity index is 2.14. The van der Waals surface area contributed by atoms with Crippen LogP contribution in [0.3, 0.4) is 0 Å². The van der Waals surface area contributed by atoms with Crippen molar-refractivity contribution in [3.05, 3.63) is 58.9 Å². The monoisotopic (exact) mass is 375 g/mol. The van der Waals surface area contributed by atoms with Crippen molar-refractivity contribution in [3.8, 4) is 11.4 Å². The van der Waals surface area contributed by atoms with Crippen molar-refractivity contribution in [2.75, 3.05) is 7.05 Å². The predicted octanol–water partition coefficient (Wildman–Crippen LogP) is 1.82. The third-order valence-electron chi connectivity index (χ3n) is 4.02. The molecule has 0 aliphatic rings. The van der Waals surface area contributed by atoms with Crippen molar-refractivity contribution in [3.63, 3.8) is 0 Å². The summed E-state index contributed by atoms with van der Waals surface area (Å²) in [4.78, 5) is 0.108. The zero-order valence-corrected chi connectivity index (χ0v) is 15.4. The van der Waals surface area contributed by atoms with Gasteiger partial charge in [-0.25, -0.2) is 22.2 Å². The maximum atomic E-state index is 13.7. The van der Waals surface area contributed by atoms with Crippen molar-refractivity contribution in [1.29, 1.82) is 0 Å². The summed E-state index contributed by atoms with van der Waals surface area (Å²) >= 11 is 0. The zero-order valence-electron chi connectivity index (χ0n) is 14.6. The molecule has 3 rings (SSSR count). The highest BCUT2D eigenvalue weighted by atomic mass is 32.2. The number of sulfonamides is 1. The highest BCUT2D eigenvalue weighted by molar-refractivity contribution is 7.89. The van der Waals surface area contributed by atoms with Crippen LogP contribution in [0.25, 0.3) is 11.4 Å². The van der Waals surface area contributed by atoms with E-state index in [-0.39, 0.29) is 10.7 Å². The number of hydrogen-bond donors (Lipinski definition) is 1. The van der Waals surface area contributed by atoms with Gasteiger partial charge in [0.1, 0.15) is 5.82 Å². The van der Waals surface area contributed by atoms with Crippen LogP contribution in [0.15, 0.2) is 41.3 Å². The van der Waals surface area contributed by atoms with Gasteiger partial charge in [-0.05, 0) is 71.8 Å². The van der Waals surface area contributed by atoms with Gasteiger partial charge < -0.3 is 0 Å². The van der Waals surface area contributed by atoms with Gasteiger partial charge >= 0.3 is 0 Å². The van der Waals surface area contributed by atoms with Gasteiger partial charge in [-0.2, -0.15) is 0 Å². The fraction of sp³-hybridized carbons (Fsp3) is 0.235. The number of aromatic nitrogens is 4. The van der Waals surface area contributed by atoms with Gasteiger partial charge in [0.05, 0.1) is 4.90 Å². The average Bonchev–Trinajstić information content (AvgIpc) is 3.00. The molecule has 0 radical (unpaired) electrons. The molecule has 1 N–H and O–H groups in total. The molecule has 9 heteroatoms. The van der Waals surface area contributed by atoms with Crippen LogP contribution in [-0.4, -0.2) is 35.7 Å². The first-order valence-electron chi connectivity index (χ1n) is 7.85. The normalized spacial score (nSPS) is 11.7. The number of nitrogens with one attached hydrogen (secondary N) is 1. The minimum absolute atomic E-state index is 0.108. The van der Waals surface area contributed by atoms with Crippen molar-refractivity contribution < 1.29 is 12.8 Å². The van der Waals surface area contributed by atoms with Crippen LogP contribution in [0, 0.1) is 12.7 Å². The fourth-order valence-corrected chi connectivity index (χ4v) is 3.55. The molecular weight excluding hydrogens is 357 g/mol. The van der Waals surface area contributed by atoms with Gasteiger partial charge in [-0.3, -0.25) is 0 Å². The number of benzene rings is 2. The summed E-state index contributed by atoms with van der Waals surface area (Å²) in [7, 11) is -0.595. The van der Waals surface area contributed by atoms with Gasteiger partial charge in [0.2, 0.25) is 10.0 Å². The minimum Gasteiger partial charge on any atom is -0.229 e. The molecule has 0 saturated heterocycles. The maximum Gasteiger partial charge on any atom is 0.240 e. The Bertz CT molecular complexity index is 1040. The number of halogens is 1. The van der Waals surface area contributed by atoms with E-state index in [1.165, 1.54) is 36.0 Å². The van der Waals surface area contributed by atoms with E-state index in [1.54, 1.807) is 13.1 Å². The van der Waals surface area contributed by atoms with Crippen molar-refractivity contribution in [1.82, 2.24) is 24.9 Å². The third kappa shape index (κ3) is 3.63. The van der Waals surface area contributed by atoms with Crippen LogP contribution < -0.4 is 4.72 Å². The summed E-state index contributed by atoms with van der Waals surface area (Å²) in [5, 5.41) is 11.4. The second-order valence-corrected chi connectivity index (χ2v) is 7.85. The molecule has 26 heavy (non-hydrogen) atoms. The predicted molar refractivity (Wildman–Crippen MR) is 94.4 cm³/mol. The van der Waals surface area contributed by atoms with Gasteiger partial charge in [0.25, 0.3) is 0 Å². The van der Waals surface area contributed by atoms with Crippen molar-refractivity contribution in [2.45, 2.75) is 18.2 Å². The largest absolute Gasteiger partial charge is 0.240 e. The topological polar surface area (TPSA) is 89.8 Å². The quantitative estimate of drug-likeness (QED) is 0.735. The highest BCUT2D eigenvalue weighted by Gasteiger charge is 2.18. The molecule has 0 atom stereocenters. The second kappa shape index (κ2) is 6.93. The summed E-state index contributed by atoms with van der Waals surface area (Å²) in [6, 6.07) is 9.55. The van der Waals surface area contributed by atoms with Crippen LogP contribution in [0.5, 0.6) is 0 Å². The van der Waals surface area contributed by atoms with Gasteiger partial charge in [-0.1, -0.05) is 12.1 Å². The Labute approximate surface area is 150 Å². The molecule has 0 spiro atoms. The molecule has 0 unspecified atom stereocenters. The molecule has 1 aromatic heterocycles. The zero-order chi connectivity index (χ0) is 18.9. The number of tetrazole rings is 1. The van der Waals surface area contributed by atoms with Gasteiger partial charge in [0, 0.05) is 12.6 Å². The van der Waals surface area contributed by atoms with E-state index < -0.39 is 10.0 Å². The first kappa shape index (κ1) is 18.2. The first-order valence-corrected chi connectivity index (χ1v) is 9.34. The summed E-state index contributed by atoms with van der Waals surface area (Å²) in [5.74, 6) is 0.123. The van der Waals surface area contributed by atoms with E-state index in [4.69, 9.17) is 0 Å². The van der Waals surface area contributed by atoms with Crippen LogP contribution in [0.1, 0.15) is 16.7 Å². The summed E-state index contributed by atoms with van der Waals surface area (Å²) in [5.41, 5.74) is 2.97. The van der Waals surface area contributed by atoms with E-state index in [1.807, 2.05) is 13.0 Å². The molecule has 7 nitrogen and oxygen atoms in total. The van der Waals surface area contributed by atoms with Crippen LogP contribution in [0.4, 0.5) is 4.39 Å². The summed E-state index contributed by atoms with van der Waals surface area (Å²) in [6.07, 6.45) is 0.417. The molecule has 0 bridgehead atoms. The Morgan fingerprint density at radius 1 is 1.19 bits per heavy atom. The lowest BCUT2D eigenvalue weighted by Gasteiger charge is -2.12. The lowest BCUT2D eigenvalue weighted by molar-refractivity contribution is 0.588. The number of hydrogen-bond acceptors (Lipinski definition) is 5. The Kier molecular flexibility index (Phi) is 4.84. The lowest BCUT2D eigenvalue weighted by atomic mass is 9.98. The van der Waals surface area contributed by atoms with Crippen LogP contribution in [-0.2, 0) is 23.5 Å². The fourth-order valence-electron chi connectivity index (χ4n) is 2.79. The molecule has 0 amide bonds. The van der Waals surface area contributed by atoms with E-state index in [2.05, 4.69) is 20.2 Å². The van der Waals surface area contributed by atoms with E-state index in [0.29, 0.717) is 17.8 Å². The molecule has 1 heterocycles. The molecule has 0 aliphatic carbocycles. The smallest absolute Gasteiger partial charge is 0.229 e. The maximum absolute atomic E-state index is 13.7. The van der Waals surface area contributed by atoms with Crippen molar-refractivity contribution >= 4 is 10.0 Å². The standard InChI is InChI=1S/C17H18FN5O2S/c1-11-6-12(9-14(18)7-11)8-13-4-5-15(26(24,25)19-2)10-16(13)17-20-21-22-23(17)3/h4-7,9-10,19H,8H2,1-3H3. The van der Waals surface area contributed by atoms with Gasteiger partial charge in [0.15, 0.2) is 5.82 Å². The van der Waals surface area contributed by atoms with Crippen LogP contribution in [0.2, 0.25) is 0 Å². The summed E-state index contributed by atoms with van der Waals surface area (Å²) in [6.45, 7) is 1.82. The molecular formula is C17H18FN5O2S. The molecule has 3 aromatic rings. The number of rotatable bonds is 5. The molecule has 0 fully saturated rings. The minimum atomic E-state index is -3.62. The van der Waals surface area contributed by atoms with E-state index >= 15 is 0 Å². The van der Waals surface area contributed by atoms with Crippen LogP contribution >= 0.6 is 0 Å². The summed E-state index contributed by atoms with van der Waals surface area (Å²) < 4.78 is 41.8. The Morgan fingerprint density at radius 3 is 2.58 bits per heavy atom. The molecule has 0 saturated carbocycles. The van der Waals surface area contributed by atoms with Gasteiger partial charge in [-0.15, -0.1) is 5.10 Å².